The molecule has 1 aromatic rings. The second kappa shape index (κ2) is 10.3. The molecule has 3 aliphatic heterocycles. The van der Waals surface area contributed by atoms with E-state index in [1.807, 2.05) is 0 Å². The molecule has 3 aliphatic rings. The number of carboxylic acids is 1. The normalized spacial score (nSPS) is 24.0. The number of hydrogen-bond donors (Lipinski definition) is 3. The number of hydrogen-bond acceptors (Lipinski definition) is 9. The zero-order valence-electron chi connectivity index (χ0n) is 18.2. The number of oxime groups is 1. The summed E-state index contributed by atoms with van der Waals surface area (Å²) in [6, 6.07) is -0.863. The Balaban J connectivity index is 0.00000306. The number of aromatic nitrogens is 1. The number of anilines is 1. The predicted octanol–water partition coefficient (Wildman–Crippen LogP) is -0.326. The predicted molar refractivity (Wildman–Crippen MR) is 126 cm³/mol. The van der Waals surface area contributed by atoms with Gasteiger partial charge >= 0.3 is 33.3 Å². The van der Waals surface area contributed by atoms with E-state index in [2.05, 4.69) is 22.5 Å². The maximum Gasteiger partial charge on any atom is 4.00 e. The maximum atomic E-state index is 12.9. The third-order valence-corrected chi connectivity index (χ3v) is 7.93. The van der Waals surface area contributed by atoms with E-state index in [9.17, 15) is 19.5 Å². The van der Waals surface area contributed by atoms with Gasteiger partial charge in [-0.1, -0.05) is 5.16 Å². The quantitative estimate of drug-likeness (QED) is 0.116. The van der Waals surface area contributed by atoms with Crippen molar-refractivity contribution in [3.05, 3.63) is 22.3 Å². The van der Waals surface area contributed by atoms with Crippen LogP contribution in [0.2, 0.25) is 0 Å². The topological polar surface area (TPSA) is 147 Å². The number of nitrogen functional groups attached to an aromatic ring is 1. The second-order valence-corrected chi connectivity index (χ2v) is 10.2. The molecule has 2 atom stereocenters. The zero-order valence-corrected chi connectivity index (χ0v) is 23.8. The van der Waals surface area contributed by atoms with Gasteiger partial charge in [-0.05, 0) is 0 Å². The molecule has 2 amide bonds. The van der Waals surface area contributed by atoms with E-state index in [-0.39, 0.29) is 49.5 Å². The summed E-state index contributed by atoms with van der Waals surface area (Å²) in [4.78, 5) is 47.9. The summed E-state index contributed by atoms with van der Waals surface area (Å²) >= 11 is 2.61. The van der Waals surface area contributed by atoms with Gasteiger partial charge in [0.1, 0.15) is 36.5 Å². The Hall–Kier alpha value is -1.72. The molecule has 172 valence electrons. The zero-order chi connectivity index (χ0) is 23.0. The number of carbonyl (C=O) groups excluding carboxylic acids is 2. The van der Waals surface area contributed by atoms with E-state index >= 15 is 0 Å². The summed E-state index contributed by atoms with van der Waals surface area (Å²) in [7, 11) is 3.42. The van der Waals surface area contributed by atoms with Crippen molar-refractivity contribution >= 4 is 79.0 Å². The number of quaternary nitrogens is 1. The number of β-lactam (4-membered cyclic amide) rings is 1. The van der Waals surface area contributed by atoms with Crippen LogP contribution in [0.5, 0.6) is 0 Å². The van der Waals surface area contributed by atoms with Crippen molar-refractivity contribution < 1.29 is 28.8 Å². The summed E-state index contributed by atoms with van der Waals surface area (Å²) in [5.74, 6) is -1.71. The fraction of sp³-hybridized carbons (Fsp3) is 0.526. The Morgan fingerprint density at radius 2 is 2.12 bits per heavy atom. The Morgan fingerprint density at radius 1 is 1.42 bits per heavy atom. The molecule has 0 aliphatic carbocycles. The van der Waals surface area contributed by atoms with Crippen molar-refractivity contribution in [3.63, 3.8) is 0 Å². The Bertz CT molecular complexity index is 1020. The molecule has 1 aromatic heterocycles. The van der Waals surface area contributed by atoms with Crippen LogP contribution >= 0.6 is 23.1 Å². The van der Waals surface area contributed by atoms with Crippen LogP contribution in [0, 0.1) is 0 Å². The standard InChI is InChI=1S/C19H24N6O5S2.Pb/c1-25(5-3-4-6-25)7-10-8-31-17-13(16(27)24(17)14(10)18(28)29)22-15(26)12(23-30-2)11-9-32-19(20)21-11;/h9,13,17H,3-8H2,1-2H3,(H3-,20,21,22,26,28,29);/q;+4/p+1/b23-12-;/t13-,17-;/m1./s1. The Kier molecular flexibility index (Phi) is 8.06. The van der Waals surface area contributed by atoms with Gasteiger partial charge in [0.05, 0.1) is 20.1 Å². The maximum absolute atomic E-state index is 12.9. The Morgan fingerprint density at radius 3 is 2.70 bits per heavy atom. The van der Waals surface area contributed by atoms with Crippen LogP contribution in [0.1, 0.15) is 18.5 Å². The van der Waals surface area contributed by atoms with Crippen molar-refractivity contribution in [3.8, 4) is 0 Å². The number of fused-ring (bicyclic) bond motifs is 1. The summed E-state index contributed by atoms with van der Waals surface area (Å²) in [5.41, 5.74) is 6.59. The molecule has 4 heterocycles. The van der Waals surface area contributed by atoms with Crippen molar-refractivity contribution in [2.45, 2.75) is 24.3 Å². The molecule has 14 heteroatoms. The number of rotatable bonds is 7. The van der Waals surface area contributed by atoms with E-state index in [0.717, 1.165) is 47.3 Å². The first-order valence-electron chi connectivity index (χ1n) is 10.1. The van der Waals surface area contributed by atoms with Crippen LogP contribution in [-0.4, -0.2) is 121 Å². The molecule has 0 spiro atoms. The minimum absolute atomic E-state index is 0. The van der Waals surface area contributed by atoms with Crippen molar-refractivity contribution in [1.29, 1.82) is 0 Å². The second-order valence-electron chi connectivity index (χ2n) is 8.24. The Labute approximate surface area is 219 Å². The number of nitrogens with zero attached hydrogens (tertiary/aromatic N) is 4. The number of likely N-dealkylation sites (N-methyl/N-ethyl adjacent to an activating group) is 1. The SMILES string of the molecule is CO/N=C(\C(=O)N[C@@H]1C(=O)N2C(C(=O)O)=C(C[N+]3(C)CCCC3)CS[C@H]12)c1csc(N)n1.[Pb+4]. The summed E-state index contributed by atoms with van der Waals surface area (Å²) in [6.45, 7) is 2.61. The number of thioether (sulfide) groups is 1. The first kappa shape index (κ1) is 25.9. The molecule has 4 rings (SSSR count). The molecule has 0 unspecified atom stereocenters. The van der Waals surface area contributed by atoms with Crippen LogP contribution in [0.4, 0.5) is 5.13 Å². The van der Waals surface area contributed by atoms with E-state index in [1.165, 1.54) is 23.8 Å². The summed E-state index contributed by atoms with van der Waals surface area (Å²) in [6.07, 6.45) is 2.24. The number of amides is 2. The van der Waals surface area contributed by atoms with E-state index in [4.69, 9.17) is 10.6 Å². The molecule has 0 saturated carbocycles. The molecule has 0 aromatic carbocycles. The molecular formula is C19H25N6O5PbS2+5. The number of nitrogens with two attached hydrogens (primary N) is 1. The third-order valence-electron chi connectivity index (χ3n) is 5.92. The van der Waals surface area contributed by atoms with Crippen molar-refractivity contribution in [1.82, 2.24) is 15.2 Å². The minimum atomic E-state index is -1.12. The van der Waals surface area contributed by atoms with Gasteiger partial charge in [-0.3, -0.25) is 14.5 Å². The van der Waals surface area contributed by atoms with Gasteiger partial charge in [0.25, 0.3) is 11.8 Å². The number of aliphatic carboxylic acids is 1. The van der Waals surface area contributed by atoms with Gasteiger partial charge < -0.3 is 25.5 Å². The molecule has 2 fully saturated rings. The number of thiazole rings is 1. The molecule has 11 nitrogen and oxygen atoms in total. The molecule has 2 saturated heterocycles. The van der Waals surface area contributed by atoms with E-state index in [1.54, 1.807) is 5.38 Å². The number of carboxylic acid groups (broad SMARTS) is 1. The van der Waals surface area contributed by atoms with Crippen molar-refractivity contribution in [2.24, 2.45) is 5.16 Å². The van der Waals surface area contributed by atoms with Gasteiger partial charge in [0.15, 0.2) is 10.8 Å². The van der Waals surface area contributed by atoms with Crippen molar-refractivity contribution in [2.75, 3.05) is 45.3 Å². The summed E-state index contributed by atoms with van der Waals surface area (Å²) < 4.78 is 0.785. The fourth-order valence-corrected chi connectivity index (χ4v) is 6.31. The number of likely N-dealkylation sites (tertiary alicyclic amines) is 1. The van der Waals surface area contributed by atoms with Crippen LogP contribution in [0.15, 0.2) is 21.8 Å². The average molecular weight is 689 g/mol. The number of nitrogens with one attached hydrogen (secondary N) is 1. The van der Waals surface area contributed by atoms with Gasteiger partial charge in [-0.25, -0.2) is 9.78 Å². The van der Waals surface area contributed by atoms with Crippen LogP contribution in [0.3, 0.4) is 0 Å². The van der Waals surface area contributed by atoms with E-state index in [0.29, 0.717) is 12.3 Å². The van der Waals surface area contributed by atoms with Crippen LogP contribution in [-0.2, 0) is 19.2 Å². The number of carbonyl (C=O) groups is 3. The average Bonchev–Trinajstić information content (AvgIpc) is 3.37. The molecule has 0 bridgehead atoms. The van der Waals surface area contributed by atoms with Crippen LogP contribution in [0.25, 0.3) is 0 Å². The first-order valence-corrected chi connectivity index (χ1v) is 12.0. The van der Waals surface area contributed by atoms with Gasteiger partial charge in [-0.15, -0.1) is 23.1 Å². The molecular weight excluding hydrogens is 664 g/mol. The fourth-order valence-electron chi connectivity index (χ4n) is 4.42. The molecule has 0 radical (unpaired) electrons. The molecule has 33 heavy (non-hydrogen) atoms. The summed E-state index contributed by atoms with van der Waals surface area (Å²) in [5, 5.41) is 17.6. The largest absolute Gasteiger partial charge is 4.00 e. The molecule has 4 N–H and O–H groups in total. The first-order chi connectivity index (χ1) is 15.2. The monoisotopic (exact) mass is 689 g/mol. The third kappa shape index (κ3) is 5.05. The van der Waals surface area contributed by atoms with Gasteiger partial charge in [-0.2, -0.15) is 0 Å². The van der Waals surface area contributed by atoms with Crippen LogP contribution < -0.4 is 11.1 Å². The van der Waals surface area contributed by atoms with Gasteiger partial charge in [0.2, 0.25) is 0 Å². The van der Waals surface area contributed by atoms with E-state index < -0.39 is 29.2 Å². The van der Waals surface area contributed by atoms with Gasteiger partial charge in [0, 0.05) is 29.5 Å². The smallest absolute Gasteiger partial charge is 0.477 e. The minimum Gasteiger partial charge on any atom is -0.477 e.